The van der Waals surface area contributed by atoms with E-state index in [0.29, 0.717) is 0 Å². The molecular formula is C8H13NO. The molecule has 1 N–H and O–H groups in total. The quantitative estimate of drug-likeness (QED) is 0.516. The number of nitrogens with zero attached hydrogens (tertiary/aromatic N) is 1. The fourth-order valence-electron chi connectivity index (χ4n) is 1.44. The van der Waals surface area contributed by atoms with Crippen LogP contribution < -0.4 is 0 Å². The molecule has 0 spiro atoms. The molecule has 0 aromatic heterocycles. The predicted octanol–water partition coefficient (Wildman–Crippen LogP) is 1.45. The number of hydrogen-bond acceptors (Lipinski definition) is 2. The van der Waals surface area contributed by atoms with Gasteiger partial charge in [-0.25, -0.2) is 0 Å². The predicted molar refractivity (Wildman–Crippen MR) is 38.2 cm³/mol. The van der Waals surface area contributed by atoms with E-state index in [1.54, 1.807) is 0 Å². The van der Waals surface area contributed by atoms with E-state index in [0.717, 1.165) is 25.7 Å². The molecule has 2 unspecified atom stereocenters. The summed E-state index contributed by atoms with van der Waals surface area (Å²) in [5.74, 6) is -0.0949. The number of nitriles is 1. The summed E-state index contributed by atoms with van der Waals surface area (Å²) in [6, 6.07) is 2.14. The fraction of sp³-hybridized carbons (Fsp3) is 0.875. The van der Waals surface area contributed by atoms with Gasteiger partial charge in [0.25, 0.3) is 0 Å². The van der Waals surface area contributed by atoms with Crippen molar-refractivity contribution in [3.05, 3.63) is 0 Å². The summed E-state index contributed by atoms with van der Waals surface area (Å²) < 4.78 is 0. The topological polar surface area (TPSA) is 44.0 Å². The molecule has 1 fully saturated rings. The van der Waals surface area contributed by atoms with Gasteiger partial charge in [0.15, 0.2) is 0 Å². The second-order valence-electron chi connectivity index (χ2n) is 2.94. The lowest BCUT2D eigenvalue weighted by atomic mass is 10.00. The van der Waals surface area contributed by atoms with Gasteiger partial charge in [0, 0.05) is 0 Å². The molecule has 10 heavy (non-hydrogen) atoms. The van der Waals surface area contributed by atoms with Gasteiger partial charge in [0.2, 0.25) is 0 Å². The monoisotopic (exact) mass is 139 g/mol. The van der Waals surface area contributed by atoms with Gasteiger partial charge in [-0.1, -0.05) is 19.3 Å². The molecule has 0 heterocycles. The van der Waals surface area contributed by atoms with Crippen LogP contribution in [0.1, 0.15) is 32.1 Å². The molecule has 1 rings (SSSR count). The smallest absolute Gasteiger partial charge is 0.0722 e. The third-order valence-corrected chi connectivity index (χ3v) is 2.15. The normalized spacial score (nSPS) is 34.4. The lowest BCUT2D eigenvalue weighted by Crippen LogP contribution is -2.16. The maximum absolute atomic E-state index is 9.33. The van der Waals surface area contributed by atoms with Crippen molar-refractivity contribution >= 4 is 0 Å². The van der Waals surface area contributed by atoms with E-state index in [2.05, 4.69) is 6.07 Å². The van der Waals surface area contributed by atoms with Crippen molar-refractivity contribution in [2.24, 2.45) is 5.92 Å². The second kappa shape index (κ2) is 3.58. The molecule has 2 atom stereocenters. The van der Waals surface area contributed by atoms with Crippen molar-refractivity contribution in [2.75, 3.05) is 0 Å². The van der Waals surface area contributed by atoms with Crippen molar-refractivity contribution in [2.45, 2.75) is 38.2 Å². The highest BCUT2D eigenvalue weighted by atomic mass is 16.3. The molecule has 0 saturated heterocycles. The van der Waals surface area contributed by atoms with E-state index in [9.17, 15) is 5.11 Å². The first-order valence-electron chi connectivity index (χ1n) is 3.92. The van der Waals surface area contributed by atoms with Crippen molar-refractivity contribution in [3.8, 4) is 6.07 Å². The standard InChI is InChI=1S/C8H13NO/c9-6-7-4-2-1-3-5-8(7)10/h7-8,10H,1-5H2. The zero-order valence-electron chi connectivity index (χ0n) is 6.08. The molecule has 0 amide bonds. The van der Waals surface area contributed by atoms with Gasteiger partial charge >= 0.3 is 0 Å². The van der Waals surface area contributed by atoms with E-state index in [1.165, 1.54) is 6.42 Å². The second-order valence-corrected chi connectivity index (χ2v) is 2.94. The number of aliphatic hydroxyl groups excluding tert-OH is 1. The Labute approximate surface area is 61.5 Å². The molecule has 2 heteroatoms. The van der Waals surface area contributed by atoms with Gasteiger partial charge in [-0.15, -0.1) is 0 Å². The molecule has 0 radical (unpaired) electrons. The molecule has 2 nitrogen and oxygen atoms in total. The largest absolute Gasteiger partial charge is 0.392 e. The zero-order valence-corrected chi connectivity index (χ0v) is 6.08. The highest BCUT2D eigenvalue weighted by Gasteiger charge is 2.20. The van der Waals surface area contributed by atoms with Gasteiger partial charge in [-0.3, -0.25) is 0 Å². The molecule has 1 aliphatic carbocycles. The number of aliphatic hydroxyl groups is 1. The minimum atomic E-state index is -0.354. The van der Waals surface area contributed by atoms with Crippen molar-refractivity contribution in [1.29, 1.82) is 5.26 Å². The van der Waals surface area contributed by atoms with Crippen LogP contribution in [-0.4, -0.2) is 11.2 Å². The van der Waals surface area contributed by atoms with Crippen LogP contribution in [0.25, 0.3) is 0 Å². The molecule has 56 valence electrons. The highest BCUT2D eigenvalue weighted by Crippen LogP contribution is 2.22. The van der Waals surface area contributed by atoms with E-state index in [-0.39, 0.29) is 12.0 Å². The minimum absolute atomic E-state index is 0.0949. The van der Waals surface area contributed by atoms with Crippen LogP contribution >= 0.6 is 0 Å². The average Bonchev–Trinajstić information content (AvgIpc) is 2.13. The maximum Gasteiger partial charge on any atom is 0.0722 e. The Kier molecular flexibility index (Phi) is 2.70. The van der Waals surface area contributed by atoms with Crippen LogP contribution in [0.5, 0.6) is 0 Å². The zero-order chi connectivity index (χ0) is 7.40. The van der Waals surface area contributed by atoms with Gasteiger partial charge in [0.1, 0.15) is 0 Å². The third-order valence-electron chi connectivity index (χ3n) is 2.15. The van der Waals surface area contributed by atoms with E-state index < -0.39 is 0 Å². The summed E-state index contributed by atoms with van der Waals surface area (Å²) in [6.45, 7) is 0. The lowest BCUT2D eigenvalue weighted by molar-refractivity contribution is 0.126. The Hall–Kier alpha value is -0.550. The molecule has 0 aliphatic heterocycles. The molecule has 1 saturated carbocycles. The van der Waals surface area contributed by atoms with Gasteiger partial charge in [-0.2, -0.15) is 5.26 Å². The summed E-state index contributed by atoms with van der Waals surface area (Å²) in [5.41, 5.74) is 0. The summed E-state index contributed by atoms with van der Waals surface area (Å²) in [4.78, 5) is 0. The summed E-state index contributed by atoms with van der Waals surface area (Å²) in [7, 11) is 0. The van der Waals surface area contributed by atoms with E-state index >= 15 is 0 Å². The first-order valence-corrected chi connectivity index (χ1v) is 3.92. The summed E-state index contributed by atoms with van der Waals surface area (Å²) in [6.07, 6.45) is 4.72. The third kappa shape index (κ3) is 1.71. The lowest BCUT2D eigenvalue weighted by Gasteiger charge is -2.10. The Morgan fingerprint density at radius 3 is 2.60 bits per heavy atom. The maximum atomic E-state index is 9.33. The molecule has 0 aromatic rings. The number of hydrogen-bond donors (Lipinski definition) is 1. The molecule has 1 aliphatic rings. The SMILES string of the molecule is N#CC1CCCCCC1O. The van der Waals surface area contributed by atoms with E-state index in [4.69, 9.17) is 5.26 Å². The van der Waals surface area contributed by atoms with Gasteiger partial charge in [0.05, 0.1) is 18.1 Å². The van der Waals surface area contributed by atoms with Crippen LogP contribution in [0.4, 0.5) is 0 Å². The Morgan fingerprint density at radius 1 is 1.20 bits per heavy atom. The first-order chi connectivity index (χ1) is 4.84. The number of rotatable bonds is 0. The Balaban J connectivity index is 2.45. The van der Waals surface area contributed by atoms with Gasteiger partial charge in [-0.05, 0) is 12.8 Å². The Bertz CT molecular complexity index is 139. The van der Waals surface area contributed by atoms with Crippen LogP contribution in [-0.2, 0) is 0 Å². The van der Waals surface area contributed by atoms with E-state index in [1.807, 2.05) is 0 Å². The summed E-state index contributed by atoms with van der Waals surface area (Å²) in [5, 5.41) is 17.9. The van der Waals surface area contributed by atoms with Crippen molar-refractivity contribution in [3.63, 3.8) is 0 Å². The van der Waals surface area contributed by atoms with Crippen LogP contribution in [0, 0.1) is 17.2 Å². The highest BCUT2D eigenvalue weighted by molar-refractivity contribution is 4.89. The molecule has 0 aromatic carbocycles. The fourth-order valence-corrected chi connectivity index (χ4v) is 1.44. The Morgan fingerprint density at radius 2 is 1.90 bits per heavy atom. The van der Waals surface area contributed by atoms with Crippen molar-refractivity contribution in [1.82, 2.24) is 0 Å². The minimum Gasteiger partial charge on any atom is -0.392 e. The van der Waals surface area contributed by atoms with Crippen LogP contribution in [0.15, 0.2) is 0 Å². The molecular weight excluding hydrogens is 126 g/mol. The average molecular weight is 139 g/mol. The van der Waals surface area contributed by atoms with Crippen molar-refractivity contribution < 1.29 is 5.11 Å². The molecule has 0 bridgehead atoms. The van der Waals surface area contributed by atoms with Crippen LogP contribution in [0.2, 0.25) is 0 Å². The first kappa shape index (κ1) is 7.56. The summed E-state index contributed by atoms with van der Waals surface area (Å²) >= 11 is 0. The van der Waals surface area contributed by atoms with Crippen LogP contribution in [0.3, 0.4) is 0 Å². The van der Waals surface area contributed by atoms with Gasteiger partial charge < -0.3 is 5.11 Å².